The fourth-order valence-electron chi connectivity index (χ4n) is 12.5. The molecule has 1 aliphatic carbocycles. The summed E-state index contributed by atoms with van der Waals surface area (Å²) in [6.45, 7) is 34.4. The van der Waals surface area contributed by atoms with Crippen LogP contribution < -0.4 is 19.6 Å². The van der Waals surface area contributed by atoms with Gasteiger partial charge in [-0.15, -0.1) is 0 Å². The Labute approximate surface area is 463 Å². The Hall–Kier alpha value is -5.02. The van der Waals surface area contributed by atoms with Crippen molar-refractivity contribution in [3.63, 3.8) is 0 Å². The molecule has 0 amide bonds. The minimum absolute atomic E-state index is 0.0396. The van der Waals surface area contributed by atoms with Crippen molar-refractivity contribution in [2.45, 2.75) is 177 Å². The number of benzene rings is 5. The van der Waals surface area contributed by atoms with E-state index in [1.807, 2.05) is 18.2 Å². The number of fused-ring (bicyclic) bond motifs is 2. The number of para-hydroxylation sites is 5. The van der Waals surface area contributed by atoms with Gasteiger partial charge in [0.15, 0.2) is 12.7 Å². The summed E-state index contributed by atoms with van der Waals surface area (Å²) in [5, 5.41) is 0. The third kappa shape index (κ3) is 12.4. The van der Waals surface area contributed by atoms with Gasteiger partial charge in [-0.25, -0.2) is 9.80 Å². The average Bonchev–Trinajstić information content (AvgIpc) is 3.82. The maximum atomic E-state index is 6.03. The third-order valence-corrected chi connectivity index (χ3v) is 16.8. The van der Waals surface area contributed by atoms with Crippen molar-refractivity contribution in [2.24, 2.45) is 11.8 Å². The van der Waals surface area contributed by atoms with Crippen LogP contribution in [0, 0.1) is 39.5 Å². The first kappa shape index (κ1) is 56.7. The van der Waals surface area contributed by atoms with Crippen LogP contribution in [0.3, 0.4) is 0 Å². The lowest BCUT2D eigenvalue weighted by Gasteiger charge is -2.51. The Balaban J connectivity index is 0.000000128. The van der Waals surface area contributed by atoms with Gasteiger partial charge in [0, 0.05) is 71.2 Å². The van der Waals surface area contributed by atoms with Crippen LogP contribution in [-0.2, 0) is 18.9 Å². The van der Waals surface area contributed by atoms with Crippen LogP contribution >= 0.6 is 0 Å². The van der Waals surface area contributed by atoms with Crippen LogP contribution in [0.4, 0.5) is 28.4 Å². The molecule has 12 heteroatoms. The SMILES string of the molecule is CC(C)C1CN(C(C)(C)C)C2OCN12.CC(C)C1CN(C2CCCCC2)C2OCN12.Cc1cccc(C)c1N1COC1N(c1ccccc1)C(C)C.Cc1cccc(C)c1N1COC1N(c1ccccc1)c1ccccc1. The highest BCUT2D eigenvalue weighted by Gasteiger charge is 2.51. The lowest BCUT2D eigenvalue weighted by Crippen LogP contribution is -2.62. The first-order valence-electron chi connectivity index (χ1n) is 28.9. The molecule has 7 aliphatic rings. The summed E-state index contributed by atoms with van der Waals surface area (Å²) in [7, 11) is 0. The topological polar surface area (TPSA) is 62.8 Å². The molecule has 5 aromatic rings. The largest absolute Gasteiger partial charge is 0.334 e. The maximum absolute atomic E-state index is 6.03. The molecule has 6 unspecified atom stereocenters. The first-order chi connectivity index (χ1) is 37.0. The predicted octanol–water partition coefficient (Wildman–Crippen LogP) is 13.4. The van der Waals surface area contributed by atoms with E-state index in [2.05, 4.69) is 238 Å². The van der Waals surface area contributed by atoms with E-state index >= 15 is 0 Å². The molecule has 0 aromatic heterocycles. The van der Waals surface area contributed by atoms with Gasteiger partial charge in [-0.3, -0.25) is 14.7 Å². The van der Waals surface area contributed by atoms with Gasteiger partial charge < -0.3 is 33.6 Å². The Morgan fingerprint density at radius 3 is 1.23 bits per heavy atom. The van der Waals surface area contributed by atoms with Gasteiger partial charge in [0.05, 0.1) is 0 Å². The second-order valence-corrected chi connectivity index (χ2v) is 24.2. The van der Waals surface area contributed by atoms with E-state index < -0.39 is 0 Å². The Morgan fingerprint density at radius 2 is 0.883 bits per heavy atom. The van der Waals surface area contributed by atoms with Crippen LogP contribution in [-0.4, -0.2) is 115 Å². The highest BCUT2D eigenvalue weighted by atomic mass is 16.6. The zero-order chi connectivity index (χ0) is 54.5. The summed E-state index contributed by atoms with van der Waals surface area (Å²) >= 11 is 0. The average molecular weight is 1050 g/mol. The van der Waals surface area contributed by atoms with Gasteiger partial charge in [0.25, 0.3) is 0 Å². The Kier molecular flexibility index (Phi) is 18.4. The molecule has 0 bridgehead atoms. The van der Waals surface area contributed by atoms with E-state index in [9.17, 15) is 0 Å². The number of anilines is 5. The molecule has 6 aliphatic heterocycles. The molecule has 7 fully saturated rings. The maximum Gasteiger partial charge on any atom is 0.218 e. The van der Waals surface area contributed by atoms with E-state index in [-0.39, 0.29) is 24.6 Å². The third-order valence-electron chi connectivity index (χ3n) is 16.8. The van der Waals surface area contributed by atoms with E-state index in [0.29, 0.717) is 37.8 Å². The zero-order valence-electron chi connectivity index (χ0n) is 48.9. The summed E-state index contributed by atoms with van der Waals surface area (Å²) in [5.41, 5.74) is 11.3. The van der Waals surface area contributed by atoms with Crippen LogP contribution in [0.25, 0.3) is 0 Å². The standard InChI is InChI=1S/C22H22N2O.C19H24N2O.C13H24N2O.C11H22N2O/c1-17-10-9-11-18(2)21(17)23-16-25-22(23)24(19-12-5-3-6-13-19)20-14-7-4-8-15-20;1-14(2)21(17-11-6-5-7-12-17)19-20(13-22-19)18-15(3)9-8-10-16(18)4;1-10(2)12-8-14(13-15(12)9-16-13)11-6-4-3-5-7-11;1-8(2)9-6-13(11(3,4)5)10-12(9)7-14-10/h3-15,22H,16H2,1-2H3;5-12,14,19H,13H2,1-4H3;10-13H,3-9H2,1-2H3;8-10H,6-7H2,1-5H3. The molecule has 6 heterocycles. The predicted molar refractivity (Wildman–Crippen MR) is 316 cm³/mol. The monoisotopic (exact) mass is 1050 g/mol. The van der Waals surface area contributed by atoms with Crippen LogP contribution in [0.5, 0.6) is 0 Å². The lowest BCUT2D eigenvalue weighted by molar-refractivity contribution is -0.270. The van der Waals surface area contributed by atoms with Crippen LogP contribution in [0.2, 0.25) is 0 Å². The number of hydrogen-bond donors (Lipinski definition) is 0. The number of hydrogen-bond acceptors (Lipinski definition) is 12. The molecule has 6 atom stereocenters. The molecule has 5 aromatic carbocycles. The van der Waals surface area contributed by atoms with Gasteiger partial charge in [-0.2, -0.15) is 0 Å². The van der Waals surface area contributed by atoms with Gasteiger partial charge >= 0.3 is 0 Å². The number of rotatable bonds is 11. The Bertz CT molecular complexity index is 2550. The minimum Gasteiger partial charge on any atom is -0.334 e. The summed E-state index contributed by atoms with van der Waals surface area (Å²) in [5.74, 6) is 1.47. The molecular formula is C65H92N8O4. The van der Waals surface area contributed by atoms with E-state index in [1.165, 1.54) is 78.0 Å². The quantitative estimate of drug-likeness (QED) is 0.127. The molecule has 0 spiro atoms. The molecule has 0 N–H and O–H groups in total. The fraction of sp³-hybridized carbons (Fsp3) is 0.538. The molecule has 6 saturated heterocycles. The molecule has 416 valence electrons. The van der Waals surface area contributed by atoms with Crippen LogP contribution in [0.1, 0.15) is 117 Å². The van der Waals surface area contributed by atoms with Crippen molar-refractivity contribution in [3.8, 4) is 0 Å². The van der Waals surface area contributed by atoms with E-state index in [0.717, 1.165) is 49.4 Å². The van der Waals surface area contributed by atoms with Crippen molar-refractivity contribution >= 4 is 28.4 Å². The molecule has 12 rings (SSSR count). The molecular weight excluding hydrogens is 957 g/mol. The highest BCUT2D eigenvalue weighted by Crippen LogP contribution is 2.41. The number of aryl methyl sites for hydroxylation is 4. The van der Waals surface area contributed by atoms with Crippen molar-refractivity contribution in [1.29, 1.82) is 0 Å². The number of nitrogens with zero attached hydrogens (tertiary/aromatic N) is 8. The highest BCUT2D eigenvalue weighted by molar-refractivity contribution is 5.68. The van der Waals surface area contributed by atoms with Gasteiger partial charge in [0.1, 0.15) is 26.9 Å². The van der Waals surface area contributed by atoms with E-state index in [4.69, 9.17) is 18.9 Å². The van der Waals surface area contributed by atoms with E-state index in [1.54, 1.807) is 0 Å². The van der Waals surface area contributed by atoms with Gasteiger partial charge in [-0.05, 0) is 146 Å². The second-order valence-electron chi connectivity index (χ2n) is 24.2. The molecule has 0 radical (unpaired) electrons. The smallest absolute Gasteiger partial charge is 0.218 e. The fourth-order valence-corrected chi connectivity index (χ4v) is 12.5. The zero-order valence-corrected chi connectivity index (χ0v) is 48.9. The van der Waals surface area contributed by atoms with Gasteiger partial charge in [0.2, 0.25) is 12.7 Å². The van der Waals surface area contributed by atoms with Crippen molar-refractivity contribution in [1.82, 2.24) is 19.6 Å². The summed E-state index contributed by atoms with van der Waals surface area (Å²) in [6.07, 6.45) is 7.44. The number of ether oxygens (including phenoxy) is 4. The van der Waals surface area contributed by atoms with Crippen molar-refractivity contribution < 1.29 is 18.9 Å². The summed E-state index contributed by atoms with van der Waals surface area (Å²) < 4.78 is 23.3. The molecule has 1 saturated carbocycles. The summed E-state index contributed by atoms with van der Waals surface area (Å²) in [4.78, 5) is 19.3. The molecule has 77 heavy (non-hydrogen) atoms. The first-order valence-corrected chi connectivity index (χ1v) is 28.9. The molecule has 12 nitrogen and oxygen atoms in total. The normalized spacial score (nSPS) is 24.5. The van der Waals surface area contributed by atoms with Crippen molar-refractivity contribution in [3.05, 3.63) is 150 Å². The second kappa shape index (κ2) is 25.0. The van der Waals surface area contributed by atoms with Crippen molar-refractivity contribution in [2.75, 3.05) is 59.6 Å². The minimum atomic E-state index is -0.149. The Morgan fingerprint density at radius 1 is 0.455 bits per heavy atom. The summed E-state index contributed by atoms with van der Waals surface area (Å²) in [6, 6.07) is 46.7. The lowest BCUT2D eigenvalue weighted by atomic mass is 9.94. The van der Waals surface area contributed by atoms with Gasteiger partial charge in [-0.1, -0.05) is 138 Å². The van der Waals surface area contributed by atoms with Crippen LogP contribution in [0.15, 0.2) is 127 Å².